The van der Waals surface area contributed by atoms with Crippen molar-refractivity contribution in [3.05, 3.63) is 36.0 Å². The molecule has 2 aromatic rings. The molecule has 1 aromatic carbocycles. The van der Waals surface area contributed by atoms with E-state index in [-0.39, 0.29) is 11.9 Å². The van der Waals surface area contributed by atoms with Crippen molar-refractivity contribution in [3.8, 4) is 0 Å². The lowest BCUT2D eigenvalue weighted by molar-refractivity contribution is 0.0907. The molecule has 3 heteroatoms. The molecule has 1 aliphatic heterocycles. The highest BCUT2D eigenvalue weighted by Crippen LogP contribution is 2.22. The summed E-state index contributed by atoms with van der Waals surface area (Å²) in [4.78, 5) is 11.7. The Morgan fingerprint density at radius 2 is 2.20 bits per heavy atom. The van der Waals surface area contributed by atoms with Gasteiger partial charge in [-0.1, -0.05) is 18.2 Å². The van der Waals surface area contributed by atoms with E-state index in [1.54, 1.807) is 0 Å². The van der Waals surface area contributed by atoms with E-state index in [1.807, 2.05) is 31.2 Å². The minimum atomic E-state index is 0.0324. The molecule has 1 N–H and O–H groups in total. The Labute approximate surface area is 87.7 Å². The Morgan fingerprint density at radius 1 is 1.40 bits per heavy atom. The standard InChI is InChI=1S/C12H12N2O/c1-8-7-14-10-5-3-2-4-9(10)6-11(14)12(15)13-8/h2-6,8H,7H2,1H3,(H,13,15). The molecule has 0 aliphatic carbocycles. The molecule has 0 saturated heterocycles. The number of nitrogens with zero attached hydrogens (tertiary/aromatic N) is 1. The number of rotatable bonds is 0. The number of nitrogens with one attached hydrogen (secondary N) is 1. The third kappa shape index (κ3) is 1.16. The third-order valence-electron chi connectivity index (χ3n) is 2.88. The number of carbonyl (C=O) groups excluding carboxylic acids is 1. The summed E-state index contributed by atoms with van der Waals surface area (Å²) in [6.07, 6.45) is 0. The average molecular weight is 200 g/mol. The first-order valence-electron chi connectivity index (χ1n) is 5.15. The van der Waals surface area contributed by atoms with Crippen LogP contribution in [0.2, 0.25) is 0 Å². The van der Waals surface area contributed by atoms with Gasteiger partial charge in [0.25, 0.3) is 5.91 Å². The molecule has 1 unspecified atom stereocenters. The number of para-hydroxylation sites is 1. The largest absolute Gasteiger partial charge is 0.347 e. The first kappa shape index (κ1) is 8.53. The fourth-order valence-electron chi connectivity index (χ4n) is 2.21. The van der Waals surface area contributed by atoms with Gasteiger partial charge in [-0.25, -0.2) is 0 Å². The van der Waals surface area contributed by atoms with Crippen molar-refractivity contribution >= 4 is 16.8 Å². The third-order valence-corrected chi connectivity index (χ3v) is 2.88. The van der Waals surface area contributed by atoms with E-state index >= 15 is 0 Å². The van der Waals surface area contributed by atoms with Crippen LogP contribution in [0.15, 0.2) is 30.3 Å². The fraction of sp³-hybridized carbons (Fsp3) is 0.250. The molecule has 3 nitrogen and oxygen atoms in total. The Balaban J connectivity index is 2.32. The number of amides is 1. The van der Waals surface area contributed by atoms with E-state index in [9.17, 15) is 4.79 Å². The summed E-state index contributed by atoms with van der Waals surface area (Å²) >= 11 is 0. The van der Waals surface area contributed by atoms with E-state index < -0.39 is 0 Å². The van der Waals surface area contributed by atoms with Gasteiger partial charge in [-0.3, -0.25) is 4.79 Å². The topological polar surface area (TPSA) is 34.0 Å². The predicted octanol–water partition coefficient (Wildman–Crippen LogP) is 1.77. The van der Waals surface area contributed by atoms with Crippen LogP contribution in [0, 0.1) is 0 Å². The highest BCUT2D eigenvalue weighted by atomic mass is 16.2. The van der Waals surface area contributed by atoms with E-state index in [4.69, 9.17) is 0 Å². The lowest BCUT2D eigenvalue weighted by Gasteiger charge is -2.22. The highest BCUT2D eigenvalue weighted by Gasteiger charge is 2.22. The van der Waals surface area contributed by atoms with Crippen LogP contribution < -0.4 is 5.32 Å². The van der Waals surface area contributed by atoms with Crippen LogP contribution in [0.3, 0.4) is 0 Å². The smallest absolute Gasteiger partial charge is 0.268 e. The zero-order valence-electron chi connectivity index (χ0n) is 8.53. The Kier molecular flexibility index (Phi) is 1.63. The normalized spacial score (nSPS) is 20.1. The van der Waals surface area contributed by atoms with E-state index in [0.717, 1.165) is 23.1 Å². The second-order valence-corrected chi connectivity index (χ2v) is 4.07. The maximum absolute atomic E-state index is 11.7. The van der Waals surface area contributed by atoms with Crippen LogP contribution in [0.5, 0.6) is 0 Å². The molecule has 0 fully saturated rings. The average Bonchev–Trinajstić information content (AvgIpc) is 2.57. The number of carbonyl (C=O) groups is 1. The van der Waals surface area contributed by atoms with Crippen molar-refractivity contribution in [2.75, 3.05) is 0 Å². The van der Waals surface area contributed by atoms with Crippen LogP contribution in [-0.4, -0.2) is 16.5 Å². The van der Waals surface area contributed by atoms with Crippen molar-refractivity contribution in [1.29, 1.82) is 0 Å². The van der Waals surface area contributed by atoms with Gasteiger partial charge in [0.2, 0.25) is 0 Å². The van der Waals surface area contributed by atoms with Gasteiger partial charge in [-0.2, -0.15) is 0 Å². The molecule has 0 bridgehead atoms. The number of fused-ring (bicyclic) bond motifs is 3. The molecule has 1 amide bonds. The van der Waals surface area contributed by atoms with Crippen LogP contribution in [-0.2, 0) is 6.54 Å². The van der Waals surface area contributed by atoms with Gasteiger partial charge in [0.1, 0.15) is 5.69 Å². The predicted molar refractivity (Wildman–Crippen MR) is 58.9 cm³/mol. The van der Waals surface area contributed by atoms with Gasteiger partial charge in [0.05, 0.1) is 0 Å². The lowest BCUT2D eigenvalue weighted by atomic mass is 10.2. The van der Waals surface area contributed by atoms with Crippen LogP contribution >= 0.6 is 0 Å². The van der Waals surface area contributed by atoms with Gasteiger partial charge in [0.15, 0.2) is 0 Å². The highest BCUT2D eigenvalue weighted by molar-refractivity contribution is 5.99. The maximum Gasteiger partial charge on any atom is 0.268 e. The molecule has 1 aromatic heterocycles. The summed E-state index contributed by atoms with van der Waals surface area (Å²) in [7, 11) is 0. The van der Waals surface area contributed by atoms with Crippen molar-refractivity contribution in [3.63, 3.8) is 0 Å². The van der Waals surface area contributed by atoms with Crippen molar-refractivity contribution < 1.29 is 4.79 Å². The van der Waals surface area contributed by atoms with E-state index in [0.29, 0.717) is 0 Å². The molecule has 1 atom stereocenters. The molecule has 0 spiro atoms. The zero-order valence-corrected chi connectivity index (χ0v) is 8.53. The van der Waals surface area contributed by atoms with Crippen LogP contribution in [0.25, 0.3) is 10.9 Å². The molecule has 0 radical (unpaired) electrons. The molecule has 15 heavy (non-hydrogen) atoms. The Morgan fingerprint density at radius 3 is 3.07 bits per heavy atom. The van der Waals surface area contributed by atoms with Gasteiger partial charge in [-0.05, 0) is 19.1 Å². The molecule has 0 saturated carbocycles. The number of aromatic nitrogens is 1. The minimum absolute atomic E-state index is 0.0324. The molecule has 76 valence electrons. The Bertz CT molecular complexity index is 542. The first-order chi connectivity index (χ1) is 7.25. The van der Waals surface area contributed by atoms with Crippen molar-refractivity contribution in [2.45, 2.75) is 19.5 Å². The summed E-state index contributed by atoms with van der Waals surface area (Å²) in [5.41, 5.74) is 1.92. The molecule has 2 heterocycles. The molecular formula is C12H12N2O. The molecule has 3 rings (SSSR count). The maximum atomic E-state index is 11.7. The molecular weight excluding hydrogens is 188 g/mol. The molecule has 1 aliphatic rings. The number of benzene rings is 1. The van der Waals surface area contributed by atoms with Crippen molar-refractivity contribution in [2.24, 2.45) is 0 Å². The SMILES string of the molecule is CC1Cn2c(cc3ccccc32)C(=O)N1. The van der Waals surface area contributed by atoms with Crippen LogP contribution in [0.1, 0.15) is 17.4 Å². The second-order valence-electron chi connectivity index (χ2n) is 4.07. The first-order valence-corrected chi connectivity index (χ1v) is 5.15. The summed E-state index contributed by atoms with van der Waals surface area (Å²) in [6.45, 7) is 2.88. The van der Waals surface area contributed by atoms with E-state index in [1.165, 1.54) is 0 Å². The fourth-order valence-corrected chi connectivity index (χ4v) is 2.21. The van der Waals surface area contributed by atoms with Gasteiger partial charge >= 0.3 is 0 Å². The van der Waals surface area contributed by atoms with Gasteiger partial charge in [-0.15, -0.1) is 0 Å². The monoisotopic (exact) mass is 200 g/mol. The van der Waals surface area contributed by atoms with Crippen molar-refractivity contribution in [1.82, 2.24) is 9.88 Å². The lowest BCUT2D eigenvalue weighted by Crippen LogP contribution is -2.42. The summed E-state index contributed by atoms with van der Waals surface area (Å²) in [5, 5.41) is 4.07. The van der Waals surface area contributed by atoms with Crippen LogP contribution in [0.4, 0.5) is 0 Å². The minimum Gasteiger partial charge on any atom is -0.347 e. The summed E-state index contributed by atoms with van der Waals surface area (Å²) < 4.78 is 2.10. The van der Waals surface area contributed by atoms with E-state index in [2.05, 4.69) is 16.0 Å². The Hall–Kier alpha value is -1.77. The van der Waals surface area contributed by atoms with Gasteiger partial charge < -0.3 is 9.88 Å². The zero-order chi connectivity index (χ0) is 10.4. The second kappa shape index (κ2) is 2.86. The number of hydrogen-bond donors (Lipinski definition) is 1. The summed E-state index contributed by atoms with van der Waals surface area (Å²) in [6, 6.07) is 10.3. The summed E-state index contributed by atoms with van der Waals surface area (Å²) in [5.74, 6) is 0.0324. The quantitative estimate of drug-likeness (QED) is 0.691. The number of hydrogen-bond acceptors (Lipinski definition) is 1. The van der Waals surface area contributed by atoms with Gasteiger partial charge in [0, 0.05) is 23.5 Å².